The summed E-state index contributed by atoms with van der Waals surface area (Å²) in [5.74, 6) is 1.51. The molecule has 6 heteroatoms. The zero-order valence-electron chi connectivity index (χ0n) is 14.2. The summed E-state index contributed by atoms with van der Waals surface area (Å²) >= 11 is 18.3. The Morgan fingerprint density at radius 3 is 2.62 bits per heavy atom. The van der Waals surface area contributed by atoms with E-state index in [2.05, 4.69) is 10.3 Å². The van der Waals surface area contributed by atoms with Gasteiger partial charge in [0.25, 0.3) is 0 Å². The number of halogens is 3. The van der Waals surface area contributed by atoms with Gasteiger partial charge in [-0.3, -0.25) is 0 Å². The molecule has 0 radical (unpaired) electrons. The molecule has 3 aromatic rings. The maximum Gasteiger partial charge on any atom is 0.110 e. The summed E-state index contributed by atoms with van der Waals surface area (Å²) < 4.78 is 0. The van der Waals surface area contributed by atoms with Crippen molar-refractivity contribution < 1.29 is 0 Å². The van der Waals surface area contributed by atoms with Gasteiger partial charge in [0, 0.05) is 33.6 Å². The number of nitrogens with zero attached hydrogens (tertiary/aromatic N) is 1. The minimum Gasteiger partial charge on any atom is -0.342 e. The molecule has 0 spiro atoms. The molecule has 0 aliphatic heterocycles. The summed E-state index contributed by atoms with van der Waals surface area (Å²) in [6.07, 6.45) is 4.60. The second-order valence-corrected chi connectivity index (χ2v) is 8.31. The van der Waals surface area contributed by atoms with Gasteiger partial charge in [0.15, 0.2) is 0 Å². The van der Waals surface area contributed by atoms with Crippen molar-refractivity contribution in [1.82, 2.24) is 15.3 Å². The molecule has 2 aromatic carbocycles. The largest absolute Gasteiger partial charge is 0.342 e. The Kier molecular flexibility index (Phi) is 5.42. The van der Waals surface area contributed by atoms with E-state index in [-0.39, 0.29) is 0 Å². The van der Waals surface area contributed by atoms with Crippen molar-refractivity contribution in [2.45, 2.75) is 44.2 Å². The molecule has 1 heterocycles. The Bertz CT molecular complexity index is 902. The lowest BCUT2D eigenvalue weighted by Crippen LogP contribution is -2.33. The average molecular weight is 409 g/mol. The molecule has 4 rings (SSSR count). The lowest BCUT2D eigenvalue weighted by atomic mass is 9.85. The standard InChI is InChI=1S/C20H20Cl3N3/c21-14-4-5-18-19(10-14)26-20(25-18)13-2-1-3-17(8-13)24-11-12-6-15(22)9-16(23)7-12/h4-7,9-10,13,17,24H,1-3,8,11H2,(H,25,26). The van der Waals surface area contributed by atoms with Gasteiger partial charge < -0.3 is 10.3 Å². The Morgan fingerprint density at radius 2 is 1.81 bits per heavy atom. The van der Waals surface area contributed by atoms with Crippen LogP contribution >= 0.6 is 34.8 Å². The predicted octanol–water partition coefficient (Wildman–Crippen LogP) is 6.34. The van der Waals surface area contributed by atoms with Crippen LogP contribution in [0.5, 0.6) is 0 Å². The number of fused-ring (bicyclic) bond motifs is 1. The molecular formula is C20H20Cl3N3. The van der Waals surface area contributed by atoms with Crippen LogP contribution in [0.4, 0.5) is 0 Å². The van der Waals surface area contributed by atoms with Crippen molar-refractivity contribution >= 4 is 45.8 Å². The number of nitrogens with one attached hydrogen (secondary N) is 2. The van der Waals surface area contributed by atoms with E-state index < -0.39 is 0 Å². The van der Waals surface area contributed by atoms with E-state index in [9.17, 15) is 0 Å². The molecule has 1 aromatic heterocycles. The quantitative estimate of drug-likeness (QED) is 0.529. The highest BCUT2D eigenvalue weighted by atomic mass is 35.5. The molecule has 2 unspecified atom stereocenters. The summed E-state index contributed by atoms with van der Waals surface area (Å²) in [5.41, 5.74) is 3.10. The van der Waals surface area contributed by atoms with Gasteiger partial charge in [-0.15, -0.1) is 0 Å². The van der Waals surface area contributed by atoms with Crippen molar-refractivity contribution in [2.24, 2.45) is 0 Å². The number of benzene rings is 2. The third-order valence-corrected chi connectivity index (χ3v) is 5.71. The molecule has 2 atom stereocenters. The molecule has 0 amide bonds. The zero-order valence-corrected chi connectivity index (χ0v) is 16.5. The highest BCUT2D eigenvalue weighted by Crippen LogP contribution is 2.33. The van der Waals surface area contributed by atoms with Crippen molar-refractivity contribution in [3.63, 3.8) is 0 Å². The second kappa shape index (κ2) is 7.77. The van der Waals surface area contributed by atoms with E-state index in [4.69, 9.17) is 39.8 Å². The maximum absolute atomic E-state index is 6.09. The van der Waals surface area contributed by atoms with Crippen LogP contribution in [0.25, 0.3) is 11.0 Å². The molecule has 0 saturated heterocycles. The SMILES string of the molecule is Clc1cc(Cl)cc(CNC2CCCC(c3nc4ccc(Cl)cc4[nH]3)C2)c1. The fourth-order valence-corrected chi connectivity index (χ4v) is 4.54. The normalized spacial score (nSPS) is 20.6. The average Bonchev–Trinajstić information content (AvgIpc) is 3.03. The van der Waals surface area contributed by atoms with Crippen molar-refractivity contribution in [2.75, 3.05) is 0 Å². The smallest absolute Gasteiger partial charge is 0.110 e. The van der Waals surface area contributed by atoms with Gasteiger partial charge in [0.2, 0.25) is 0 Å². The van der Waals surface area contributed by atoms with Crippen LogP contribution in [-0.2, 0) is 6.54 Å². The lowest BCUT2D eigenvalue weighted by molar-refractivity contribution is 0.332. The third-order valence-electron chi connectivity index (χ3n) is 5.04. The van der Waals surface area contributed by atoms with Gasteiger partial charge in [-0.25, -0.2) is 4.98 Å². The second-order valence-electron chi connectivity index (χ2n) is 7.00. The first-order valence-corrected chi connectivity index (χ1v) is 10.0. The topological polar surface area (TPSA) is 40.7 Å². The monoisotopic (exact) mass is 407 g/mol. The lowest BCUT2D eigenvalue weighted by Gasteiger charge is -2.29. The van der Waals surface area contributed by atoms with E-state index in [0.717, 1.165) is 46.8 Å². The predicted molar refractivity (Wildman–Crippen MR) is 109 cm³/mol. The Labute approximate surface area is 168 Å². The summed E-state index contributed by atoms with van der Waals surface area (Å²) in [4.78, 5) is 8.23. The maximum atomic E-state index is 6.09. The molecular weight excluding hydrogens is 389 g/mol. The Hall–Kier alpha value is -1.26. The number of aromatic amines is 1. The van der Waals surface area contributed by atoms with Gasteiger partial charge in [-0.1, -0.05) is 41.2 Å². The number of imidazole rings is 1. The van der Waals surface area contributed by atoms with Crippen LogP contribution in [0.15, 0.2) is 36.4 Å². The third kappa shape index (κ3) is 4.17. The van der Waals surface area contributed by atoms with Crippen LogP contribution in [0.1, 0.15) is 43.0 Å². The number of hydrogen-bond acceptors (Lipinski definition) is 2. The van der Waals surface area contributed by atoms with Crippen LogP contribution < -0.4 is 5.32 Å². The van der Waals surface area contributed by atoms with Gasteiger partial charge in [0.05, 0.1) is 11.0 Å². The molecule has 2 N–H and O–H groups in total. The van der Waals surface area contributed by atoms with Gasteiger partial charge in [0.1, 0.15) is 5.82 Å². The van der Waals surface area contributed by atoms with E-state index in [0.29, 0.717) is 22.0 Å². The molecule has 1 aliphatic carbocycles. The minimum absolute atomic E-state index is 0.440. The first kappa shape index (κ1) is 18.1. The van der Waals surface area contributed by atoms with Gasteiger partial charge in [-0.2, -0.15) is 0 Å². The summed E-state index contributed by atoms with van der Waals surface area (Å²) in [5, 5.41) is 5.74. The van der Waals surface area contributed by atoms with Crippen LogP contribution in [-0.4, -0.2) is 16.0 Å². The molecule has 1 saturated carbocycles. The highest BCUT2D eigenvalue weighted by Gasteiger charge is 2.25. The van der Waals surface area contributed by atoms with E-state index >= 15 is 0 Å². The fourth-order valence-electron chi connectivity index (χ4n) is 3.79. The molecule has 1 aliphatic rings. The highest BCUT2D eigenvalue weighted by molar-refractivity contribution is 6.34. The van der Waals surface area contributed by atoms with E-state index in [1.54, 1.807) is 6.07 Å². The summed E-state index contributed by atoms with van der Waals surface area (Å²) in [6, 6.07) is 11.9. The van der Waals surface area contributed by atoms with Crippen LogP contribution in [0, 0.1) is 0 Å². The van der Waals surface area contributed by atoms with Crippen molar-refractivity contribution in [3.8, 4) is 0 Å². The summed E-state index contributed by atoms with van der Waals surface area (Å²) in [6.45, 7) is 0.771. The van der Waals surface area contributed by atoms with Gasteiger partial charge >= 0.3 is 0 Å². The first-order valence-electron chi connectivity index (χ1n) is 8.90. The number of hydrogen-bond donors (Lipinski definition) is 2. The van der Waals surface area contributed by atoms with E-state index in [1.165, 1.54) is 12.8 Å². The Balaban J connectivity index is 1.43. The summed E-state index contributed by atoms with van der Waals surface area (Å²) in [7, 11) is 0. The van der Waals surface area contributed by atoms with Crippen molar-refractivity contribution in [3.05, 3.63) is 62.9 Å². The molecule has 3 nitrogen and oxygen atoms in total. The van der Waals surface area contributed by atoms with E-state index in [1.807, 2.05) is 30.3 Å². The zero-order chi connectivity index (χ0) is 18.1. The first-order chi connectivity index (χ1) is 12.6. The molecule has 1 fully saturated rings. The van der Waals surface area contributed by atoms with Gasteiger partial charge in [-0.05, 0) is 61.2 Å². The minimum atomic E-state index is 0.440. The number of rotatable bonds is 4. The fraction of sp³-hybridized carbons (Fsp3) is 0.350. The molecule has 0 bridgehead atoms. The number of H-pyrrole nitrogens is 1. The molecule has 136 valence electrons. The number of aromatic nitrogens is 2. The molecule has 26 heavy (non-hydrogen) atoms. The van der Waals surface area contributed by atoms with Crippen molar-refractivity contribution in [1.29, 1.82) is 0 Å². The van der Waals surface area contributed by atoms with Crippen LogP contribution in [0.2, 0.25) is 15.1 Å². The van der Waals surface area contributed by atoms with Crippen LogP contribution in [0.3, 0.4) is 0 Å². The Morgan fingerprint density at radius 1 is 1.00 bits per heavy atom.